The molecule has 9 aromatic carbocycles. The van der Waals surface area contributed by atoms with Crippen molar-refractivity contribution in [3.05, 3.63) is 181 Å². The standard InChI is InChI=1S/C49H34/c1-49(2)45-26-25-38(29-43(45)44-28-35-13-5-6-14-36(35)30-46(44)49)48-41-17-9-7-15-39(41)47(40-16-8-10-18-42(40)48)33-22-19-32(20-23-33)37-24-21-31-11-3-4-12-34(31)27-37/h3-30H,1-2H3. The minimum absolute atomic E-state index is 0.0553. The molecule has 0 spiro atoms. The van der Waals surface area contributed by atoms with E-state index in [9.17, 15) is 0 Å². The molecule has 0 unspecified atom stereocenters. The zero-order valence-electron chi connectivity index (χ0n) is 27.7. The summed E-state index contributed by atoms with van der Waals surface area (Å²) >= 11 is 0. The molecular weight excluding hydrogens is 589 g/mol. The van der Waals surface area contributed by atoms with Gasteiger partial charge in [0.15, 0.2) is 0 Å². The van der Waals surface area contributed by atoms with Gasteiger partial charge in [-0.05, 0) is 123 Å². The topological polar surface area (TPSA) is 0 Å². The second kappa shape index (κ2) is 10.5. The zero-order chi connectivity index (χ0) is 32.7. The predicted octanol–water partition coefficient (Wildman–Crippen LogP) is 13.6. The molecule has 0 saturated heterocycles. The first-order valence-electron chi connectivity index (χ1n) is 17.3. The maximum Gasteiger partial charge on any atom is 0.0159 e. The molecule has 1 aliphatic carbocycles. The molecule has 0 atom stereocenters. The summed E-state index contributed by atoms with van der Waals surface area (Å²) in [7, 11) is 0. The third kappa shape index (κ3) is 4.24. The Morgan fingerprint density at radius 2 is 0.755 bits per heavy atom. The van der Waals surface area contributed by atoms with Crippen LogP contribution in [0, 0.1) is 0 Å². The Hall–Kier alpha value is -5.98. The van der Waals surface area contributed by atoms with Gasteiger partial charge in [-0.3, -0.25) is 0 Å². The van der Waals surface area contributed by atoms with Crippen LogP contribution in [0.3, 0.4) is 0 Å². The highest BCUT2D eigenvalue weighted by molar-refractivity contribution is 6.21. The van der Waals surface area contributed by atoms with Gasteiger partial charge in [-0.25, -0.2) is 0 Å². The Morgan fingerprint density at radius 3 is 1.39 bits per heavy atom. The average molecular weight is 623 g/mol. The molecule has 0 saturated carbocycles. The van der Waals surface area contributed by atoms with E-state index < -0.39 is 0 Å². The van der Waals surface area contributed by atoms with Crippen LogP contribution in [0.25, 0.3) is 87.6 Å². The van der Waals surface area contributed by atoms with E-state index in [0.717, 1.165) is 0 Å². The van der Waals surface area contributed by atoms with Crippen molar-refractivity contribution >= 4 is 43.1 Å². The summed E-state index contributed by atoms with van der Waals surface area (Å²) in [5.74, 6) is 0. The van der Waals surface area contributed by atoms with E-state index in [0.29, 0.717) is 0 Å². The fraction of sp³-hybridized carbons (Fsp3) is 0.0612. The van der Waals surface area contributed by atoms with Crippen LogP contribution in [0.5, 0.6) is 0 Å². The highest BCUT2D eigenvalue weighted by Gasteiger charge is 2.36. The van der Waals surface area contributed by atoms with Crippen molar-refractivity contribution in [1.29, 1.82) is 0 Å². The molecule has 0 N–H and O–H groups in total. The molecule has 0 aromatic heterocycles. The molecule has 49 heavy (non-hydrogen) atoms. The van der Waals surface area contributed by atoms with E-state index >= 15 is 0 Å². The van der Waals surface area contributed by atoms with Gasteiger partial charge in [0.05, 0.1) is 0 Å². The van der Waals surface area contributed by atoms with Crippen LogP contribution in [-0.4, -0.2) is 0 Å². The van der Waals surface area contributed by atoms with Crippen molar-refractivity contribution in [2.75, 3.05) is 0 Å². The lowest BCUT2D eigenvalue weighted by molar-refractivity contribution is 0.661. The average Bonchev–Trinajstić information content (AvgIpc) is 3.37. The third-order valence-corrected chi connectivity index (χ3v) is 11.0. The molecular formula is C49H34. The second-order valence-corrected chi connectivity index (χ2v) is 14.1. The van der Waals surface area contributed by atoms with Crippen molar-refractivity contribution in [1.82, 2.24) is 0 Å². The molecule has 0 heteroatoms. The molecule has 1 aliphatic rings. The lowest BCUT2D eigenvalue weighted by atomic mass is 9.81. The maximum absolute atomic E-state index is 2.46. The summed E-state index contributed by atoms with van der Waals surface area (Å²) in [6.07, 6.45) is 0. The number of rotatable bonds is 3. The van der Waals surface area contributed by atoms with E-state index in [4.69, 9.17) is 0 Å². The number of hydrogen-bond donors (Lipinski definition) is 0. The molecule has 0 bridgehead atoms. The first-order valence-corrected chi connectivity index (χ1v) is 17.3. The van der Waals surface area contributed by atoms with Crippen molar-refractivity contribution in [3.8, 4) is 44.5 Å². The molecule has 230 valence electrons. The van der Waals surface area contributed by atoms with Crippen LogP contribution in [0.15, 0.2) is 170 Å². The maximum atomic E-state index is 2.46. The first kappa shape index (κ1) is 28.1. The normalized spacial score (nSPS) is 13.3. The molecule has 9 aromatic rings. The molecule has 0 fully saturated rings. The monoisotopic (exact) mass is 622 g/mol. The van der Waals surface area contributed by atoms with E-state index in [-0.39, 0.29) is 5.41 Å². The summed E-state index contributed by atoms with van der Waals surface area (Å²) in [4.78, 5) is 0. The van der Waals surface area contributed by atoms with Crippen LogP contribution in [0.1, 0.15) is 25.0 Å². The Morgan fingerprint density at radius 1 is 0.306 bits per heavy atom. The Balaban J connectivity index is 1.16. The fourth-order valence-corrected chi connectivity index (χ4v) is 8.54. The molecule has 0 nitrogen and oxygen atoms in total. The Labute approximate surface area is 286 Å². The highest BCUT2D eigenvalue weighted by atomic mass is 14.4. The summed E-state index contributed by atoms with van der Waals surface area (Å²) in [5, 5.41) is 10.3. The number of benzene rings is 9. The zero-order valence-corrected chi connectivity index (χ0v) is 27.7. The largest absolute Gasteiger partial charge is 0.0616 e. The van der Waals surface area contributed by atoms with Gasteiger partial charge >= 0.3 is 0 Å². The molecule has 0 radical (unpaired) electrons. The SMILES string of the molecule is CC1(C)c2ccc(-c3c4ccccc4c(-c4ccc(-c5ccc6ccccc6c5)cc4)c4ccccc34)cc2-c2cc3ccccc3cc21. The number of hydrogen-bond acceptors (Lipinski definition) is 0. The smallest absolute Gasteiger partial charge is 0.0159 e. The van der Waals surface area contributed by atoms with Gasteiger partial charge in [0, 0.05) is 5.41 Å². The summed E-state index contributed by atoms with van der Waals surface area (Å²) < 4.78 is 0. The van der Waals surface area contributed by atoms with Crippen molar-refractivity contribution in [2.45, 2.75) is 19.3 Å². The van der Waals surface area contributed by atoms with Crippen LogP contribution in [0.4, 0.5) is 0 Å². The lowest BCUT2D eigenvalue weighted by Crippen LogP contribution is -2.14. The third-order valence-electron chi connectivity index (χ3n) is 11.0. The van der Waals surface area contributed by atoms with Crippen LogP contribution in [0.2, 0.25) is 0 Å². The van der Waals surface area contributed by atoms with E-state index in [2.05, 4.69) is 184 Å². The van der Waals surface area contributed by atoms with Crippen LogP contribution >= 0.6 is 0 Å². The summed E-state index contributed by atoms with van der Waals surface area (Å²) in [6, 6.07) is 63.2. The predicted molar refractivity (Wildman–Crippen MR) is 210 cm³/mol. The van der Waals surface area contributed by atoms with E-state index in [1.165, 1.54) is 98.7 Å². The van der Waals surface area contributed by atoms with E-state index in [1.54, 1.807) is 0 Å². The molecule has 10 rings (SSSR count). The Kier molecular flexibility index (Phi) is 6.02. The van der Waals surface area contributed by atoms with Crippen molar-refractivity contribution in [3.63, 3.8) is 0 Å². The molecule has 0 aliphatic heterocycles. The fourth-order valence-electron chi connectivity index (χ4n) is 8.54. The minimum Gasteiger partial charge on any atom is -0.0616 e. The van der Waals surface area contributed by atoms with Gasteiger partial charge in [0.2, 0.25) is 0 Å². The second-order valence-electron chi connectivity index (χ2n) is 14.1. The molecule has 0 heterocycles. The lowest BCUT2D eigenvalue weighted by Gasteiger charge is -2.22. The van der Waals surface area contributed by atoms with Crippen LogP contribution in [-0.2, 0) is 5.41 Å². The summed E-state index contributed by atoms with van der Waals surface area (Å²) in [5.41, 5.74) is 13.0. The van der Waals surface area contributed by atoms with E-state index in [1.807, 2.05) is 0 Å². The van der Waals surface area contributed by atoms with Crippen molar-refractivity contribution < 1.29 is 0 Å². The van der Waals surface area contributed by atoms with Crippen LogP contribution < -0.4 is 0 Å². The minimum atomic E-state index is -0.0553. The Bertz CT molecular complexity index is 2720. The molecule has 0 amide bonds. The van der Waals surface area contributed by atoms with Gasteiger partial charge in [-0.15, -0.1) is 0 Å². The van der Waals surface area contributed by atoms with Gasteiger partial charge in [-0.2, -0.15) is 0 Å². The van der Waals surface area contributed by atoms with Gasteiger partial charge in [-0.1, -0.05) is 159 Å². The van der Waals surface area contributed by atoms with Gasteiger partial charge in [0.25, 0.3) is 0 Å². The quantitative estimate of drug-likeness (QED) is 0.172. The van der Waals surface area contributed by atoms with Gasteiger partial charge in [0.1, 0.15) is 0 Å². The first-order chi connectivity index (χ1) is 24.0. The van der Waals surface area contributed by atoms with Gasteiger partial charge < -0.3 is 0 Å². The number of fused-ring (bicyclic) bond motifs is 7. The summed E-state index contributed by atoms with van der Waals surface area (Å²) in [6.45, 7) is 4.74. The highest BCUT2D eigenvalue weighted by Crippen LogP contribution is 2.52. The van der Waals surface area contributed by atoms with Crippen molar-refractivity contribution in [2.24, 2.45) is 0 Å².